The van der Waals surface area contributed by atoms with Crippen LogP contribution < -0.4 is 4.74 Å². The first kappa shape index (κ1) is 12.4. The summed E-state index contributed by atoms with van der Waals surface area (Å²) in [6.07, 6.45) is 1.71. The highest BCUT2D eigenvalue weighted by molar-refractivity contribution is 5.38. The van der Waals surface area contributed by atoms with Gasteiger partial charge < -0.3 is 14.6 Å². The van der Waals surface area contributed by atoms with Crippen LogP contribution in [0.25, 0.3) is 0 Å². The second kappa shape index (κ2) is 5.07. The van der Waals surface area contributed by atoms with E-state index >= 15 is 0 Å². The Morgan fingerprint density at radius 2 is 2.12 bits per heavy atom. The van der Waals surface area contributed by atoms with Gasteiger partial charge >= 0.3 is 0 Å². The molecule has 1 atom stereocenters. The third-order valence-corrected chi connectivity index (χ3v) is 2.97. The van der Waals surface area contributed by atoms with Crippen LogP contribution in [-0.2, 0) is 10.3 Å². The largest absolute Gasteiger partial charge is 0.491 e. The van der Waals surface area contributed by atoms with Crippen molar-refractivity contribution in [3.8, 4) is 5.75 Å². The van der Waals surface area contributed by atoms with E-state index in [4.69, 9.17) is 9.47 Å². The van der Waals surface area contributed by atoms with Crippen molar-refractivity contribution in [2.24, 2.45) is 0 Å². The van der Waals surface area contributed by atoms with Crippen LogP contribution in [0.5, 0.6) is 5.75 Å². The van der Waals surface area contributed by atoms with E-state index in [1.165, 1.54) is 0 Å². The smallest absolute Gasteiger partial charge is 0.125 e. The van der Waals surface area contributed by atoms with Gasteiger partial charge in [0, 0.05) is 12.2 Å². The average molecular weight is 236 g/mol. The lowest BCUT2D eigenvalue weighted by molar-refractivity contribution is -0.0916. The normalized spacial score (nSPS) is 24.9. The fraction of sp³-hybridized carbons (Fsp3) is 0.571. The first-order chi connectivity index (χ1) is 8.12. The third kappa shape index (κ3) is 2.79. The first-order valence-electron chi connectivity index (χ1n) is 6.18. The molecule has 1 aromatic rings. The molecule has 1 fully saturated rings. The van der Waals surface area contributed by atoms with Crippen molar-refractivity contribution in [2.75, 3.05) is 13.2 Å². The van der Waals surface area contributed by atoms with Crippen LogP contribution in [0, 0.1) is 0 Å². The maximum absolute atomic E-state index is 10.6. The first-order valence-corrected chi connectivity index (χ1v) is 6.18. The molecule has 0 aliphatic carbocycles. The predicted octanol–water partition coefficient (Wildman–Crippen LogP) is 2.47. The number of hydrogen-bond acceptors (Lipinski definition) is 3. The highest BCUT2D eigenvalue weighted by atomic mass is 16.5. The zero-order valence-electron chi connectivity index (χ0n) is 10.5. The van der Waals surface area contributed by atoms with Crippen molar-refractivity contribution < 1.29 is 14.6 Å². The van der Waals surface area contributed by atoms with E-state index in [9.17, 15) is 5.11 Å². The Kier molecular flexibility index (Phi) is 3.69. The van der Waals surface area contributed by atoms with Gasteiger partial charge in [0.1, 0.15) is 11.4 Å². The molecule has 1 N–H and O–H groups in total. The third-order valence-electron chi connectivity index (χ3n) is 2.97. The monoisotopic (exact) mass is 236 g/mol. The molecule has 1 unspecified atom stereocenters. The Morgan fingerprint density at radius 3 is 2.76 bits per heavy atom. The van der Waals surface area contributed by atoms with Crippen LogP contribution in [0.4, 0.5) is 0 Å². The minimum atomic E-state index is -0.899. The fourth-order valence-electron chi connectivity index (χ4n) is 2.20. The molecule has 0 saturated carbocycles. The number of benzene rings is 1. The number of hydrogen-bond donors (Lipinski definition) is 1. The van der Waals surface area contributed by atoms with E-state index in [0.29, 0.717) is 6.61 Å². The molecule has 2 rings (SSSR count). The molecule has 1 aliphatic heterocycles. The number of rotatable bonds is 3. The summed E-state index contributed by atoms with van der Waals surface area (Å²) in [7, 11) is 0. The van der Waals surface area contributed by atoms with Crippen molar-refractivity contribution in [2.45, 2.75) is 38.4 Å². The minimum Gasteiger partial charge on any atom is -0.491 e. The molecule has 1 aromatic carbocycles. The van der Waals surface area contributed by atoms with E-state index in [1.807, 2.05) is 38.1 Å². The van der Waals surface area contributed by atoms with Crippen molar-refractivity contribution >= 4 is 0 Å². The molecule has 0 amide bonds. The van der Waals surface area contributed by atoms with E-state index in [1.54, 1.807) is 0 Å². The Hall–Kier alpha value is -1.06. The molecule has 94 valence electrons. The minimum absolute atomic E-state index is 0.101. The molecule has 3 heteroatoms. The summed E-state index contributed by atoms with van der Waals surface area (Å²) in [5, 5.41) is 10.6. The SMILES string of the molecule is CC(C)Oc1ccccc1C1(O)CCCOC1. The van der Waals surface area contributed by atoms with E-state index in [-0.39, 0.29) is 6.10 Å². The van der Waals surface area contributed by atoms with Crippen molar-refractivity contribution in [3.63, 3.8) is 0 Å². The Bertz CT molecular complexity index is 367. The van der Waals surface area contributed by atoms with Gasteiger partial charge in [-0.05, 0) is 32.8 Å². The van der Waals surface area contributed by atoms with Gasteiger partial charge in [-0.1, -0.05) is 18.2 Å². The van der Waals surface area contributed by atoms with Crippen LogP contribution in [-0.4, -0.2) is 24.4 Å². The molecule has 3 nitrogen and oxygen atoms in total. The highest BCUT2D eigenvalue weighted by Gasteiger charge is 2.34. The van der Waals surface area contributed by atoms with Gasteiger partial charge in [-0.25, -0.2) is 0 Å². The molecular formula is C14H20O3. The van der Waals surface area contributed by atoms with Gasteiger partial charge in [-0.2, -0.15) is 0 Å². The highest BCUT2D eigenvalue weighted by Crippen LogP contribution is 2.36. The molecule has 0 bridgehead atoms. The van der Waals surface area contributed by atoms with Gasteiger partial charge in [0.05, 0.1) is 12.7 Å². The van der Waals surface area contributed by atoms with Crippen LogP contribution in [0.15, 0.2) is 24.3 Å². The molecule has 0 radical (unpaired) electrons. The topological polar surface area (TPSA) is 38.7 Å². The van der Waals surface area contributed by atoms with Crippen molar-refractivity contribution in [1.29, 1.82) is 0 Å². The summed E-state index contributed by atoms with van der Waals surface area (Å²) in [6.45, 7) is 5.05. The molecule has 0 spiro atoms. The van der Waals surface area contributed by atoms with E-state index in [0.717, 1.165) is 30.8 Å². The maximum atomic E-state index is 10.6. The van der Waals surface area contributed by atoms with Crippen LogP contribution in [0.1, 0.15) is 32.3 Å². The van der Waals surface area contributed by atoms with Gasteiger partial charge in [0.25, 0.3) is 0 Å². The van der Waals surface area contributed by atoms with Crippen LogP contribution >= 0.6 is 0 Å². The fourth-order valence-corrected chi connectivity index (χ4v) is 2.20. The van der Waals surface area contributed by atoms with Crippen LogP contribution in [0.2, 0.25) is 0 Å². The molecule has 1 heterocycles. The second-order valence-electron chi connectivity index (χ2n) is 4.85. The quantitative estimate of drug-likeness (QED) is 0.876. The standard InChI is InChI=1S/C14H20O3/c1-11(2)17-13-7-4-3-6-12(13)14(15)8-5-9-16-10-14/h3-4,6-7,11,15H,5,8-10H2,1-2H3. The molecule has 1 saturated heterocycles. The van der Waals surface area contributed by atoms with Gasteiger partial charge in [0.15, 0.2) is 0 Å². The van der Waals surface area contributed by atoms with Crippen molar-refractivity contribution in [1.82, 2.24) is 0 Å². The van der Waals surface area contributed by atoms with E-state index < -0.39 is 5.60 Å². The zero-order chi connectivity index (χ0) is 12.3. The van der Waals surface area contributed by atoms with Gasteiger partial charge in [-0.15, -0.1) is 0 Å². The molecule has 0 aromatic heterocycles. The summed E-state index contributed by atoms with van der Waals surface area (Å²) in [4.78, 5) is 0. The molecule has 17 heavy (non-hydrogen) atoms. The summed E-state index contributed by atoms with van der Waals surface area (Å²) >= 11 is 0. The van der Waals surface area contributed by atoms with Gasteiger partial charge in [-0.3, -0.25) is 0 Å². The summed E-state index contributed by atoms with van der Waals surface area (Å²) in [5.41, 5.74) is -0.0580. The molecular weight excluding hydrogens is 216 g/mol. The lowest BCUT2D eigenvalue weighted by Gasteiger charge is -2.33. The zero-order valence-corrected chi connectivity index (χ0v) is 10.5. The number of para-hydroxylation sites is 1. The van der Waals surface area contributed by atoms with E-state index in [2.05, 4.69) is 0 Å². The molecule has 1 aliphatic rings. The van der Waals surface area contributed by atoms with Crippen LogP contribution in [0.3, 0.4) is 0 Å². The lowest BCUT2D eigenvalue weighted by Crippen LogP contribution is -2.36. The van der Waals surface area contributed by atoms with Gasteiger partial charge in [0.2, 0.25) is 0 Å². The Balaban J connectivity index is 2.29. The summed E-state index contributed by atoms with van der Waals surface area (Å²) in [5.74, 6) is 0.760. The lowest BCUT2D eigenvalue weighted by atomic mass is 9.88. The Labute approximate surface area is 102 Å². The average Bonchev–Trinajstić information content (AvgIpc) is 2.30. The second-order valence-corrected chi connectivity index (χ2v) is 4.85. The summed E-state index contributed by atoms with van der Waals surface area (Å²) in [6, 6.07) is 7.68. The maximum Gasteiger partial charge on any atom is 0.125 e. The Morgan fingerprint density at radius 1 is 1.35 bits per heavy atom. The van der Waals surface area contributed by atoms with Crippen molar-refractivity contribution in [3.05, 3.63) is 29.8 Å². The predicted molar refractivity (Wildman–Crippen MR) is 66.2 cm³/mol. The number of ether oxygens (including phenoxy) is 2. The number of aliphatic hydroxyl groups is 1. The summed E-state index contributed by atoms with van der Waals surface area (Å²) < 4.78 is 11.1.